The lowest BCUT2D eigenvalue weighted by atomic mass is 9.91. The number of carbonyl (C=O) groups excluding carboxylic acids is 1. The minimum atomic E-state index is -1.05. The van der Waals surface area contributed by atoms with E-state index in [1.165, 1.54) is 6.92 Å². The number of aliphatic carboxylic acids is 1. The normalized spacial score (nSPS) is 13.4. The highest BCUT2D eigenvalue weighted by Gasteiger charge is 2.31. The molecule has 1 amide bonds. The number of amides is 1. The van der Waals surface area contributed by atoms with Crippen molar-refractivity contribution in [2.45, 2.75) is 33.7 Å². The molecule has 0 aromatic carbocycles. The van der Waals surface area contributed by atoms with Crippen molar-refractivity contribution in [3.63, 3.8) is 0 Å². The Bertz CT molecular complexity index is 292. The fraction of sp³-hybridized carbons (Fsp3) is 0.833. The van der Waals surface area contributed by atoms with Crippen LogP contribution in [0.2, 0.25) is 0 Å². The molecule has 3 N–H and O–H groups in total. The molecule has 0 aliphatic carbocycles. The van der Waals surface area contributed by atoms with Crippen molar-refractivity contribution in [1.29, 1.82) is 0 Å². The van der Waals surface area contributed by atoms with E-state index in [-0.39, 0.29) is 12.5 Å². The highest BCUT2D eigenvalue weighted by molar-refractivity contribution is 5.86. The number of nitrogens with zero attached hydrogens (tertiary/aromatic N) is 1. The van der Waals surface area contributed by atoms with Crippen molar-refractivity contribution in [2.75, 3.05) is 26.2 Å². The lowest BCUT2D eigenvalue weighted by Gasteiger charge is -2.31. The summed E-state index contributed by atoms with van der Waals surface area (Å²) in [5, 5.41) is 20.1. The lowest BCUT2D eigenvalue weighted by Crippen LogP contribution is -2.49. The second kappa shape index (κ2) is 7.33. The van der Waals surface area contributed by atoms with E-state index in [2.05, 4.69) is 5.32 Å². The summed E-state index contributed by atoms with van der Waals surface area (Å²) in [6.45, 7) is 8.64. The zero-order valence-corrected chi connectivity index (χ0v) is 11.6. The molecule has 0 aliphatic heterocycles. The van der Waals surface area contributed by atoms with E-state index >= 15 is 0 Å². The molecule has 0 aromatic heterocycles. The Morgan fingerprint density at radius 1 is 1.39 bits per heavy atom. The fourth-order valence-electron chi connectivity index (χ4n) is 1.57. The molecule has 0 radical (unpaired) electrons. The third kappa shape index (κ3) is 5.46. The number of nitrogens with one attached hydrogen (secondary N) is 1. The minimum absolute atomic E-state index is 0.0388. The van der Waals surface area contributed by atoms with Crippen LogP contribution < -0.4 is 5.32 Å². The summed E-state index contributed by atoms with van der Waals surface area (Å²) in [4.78, 5) is 24.6. The summed E-state index contributed by atoms with van der Waals surface area (Å²) in [5.41, 5.74) is -0.700. The Hall–Kier alpha value is -1.14. The van der Waals surface area contributed by atoms with Crippen molar-refractivity contribution in [2.24, 2.45) is 5.41 Å². The smallest absolute Gasteiger partial charge is 0.325 e. The second-order valence-corrected chi connectivity index (χ2v) is 5.01. The van der Waals surface area contributed by atoms with Gasteiger partial charge in [-0.05, 0) is 27.3 Å². The van der Waals surface area contributed by atoms with Crippen LogP contribution in [0.5, 0.6) is 0 Å². The lowest BCUT2D eigenvalue weighted by molar-refractivity contribution is -0.143. The van der Waals surface area contributed by atoms with Gasteiger partial charge in [-0.2, -0.15) is 0 Å². The number of likely N-dealkylation sites (N-methyl/N-ethyl adjacent to an activating group) is 1. The molecule has 0 aliphatic rings. The van der Waals surface area contributed by atoms with Gasteiger partial charge in [-0.25, -0.2) is 0 Å². The number of aliphatic hydroxyl groups is 1. The molecule has 0 saturated heterocycles. The highest BCUT2D eigenvalue weighted by atomic mass is 16.4. The predicted octanol–water partition coefficient (Wildman–Crippen LogP) is -0.0839. The standard InChI is InChI=1S/C12H24N2O4/c1-5-14(6-7-15)8-12(3,4)11(18)13-9(2)10(16)17/h9,15H,5-8H2,1-4H3,(H,13,18)(H,16,17). The van der Waals surface area contributed by atoms with Crippen LogP contribution in [0.25, 0.3) is 0 Å². The number of rotatable bonds is 8. The van der Waals surface area contributed by atoms with Crippen LogP contribution >= 0.6 is 0 Å². The topological polar surface area (TPSA) is 89.9 Å². The Kier molecular flexibility index (Phi) is 6.86. The second-order valence-electron chi connectivity index (χ2n) is 5.01. The average molecular weight is 260 g/mol. The van der Waals surface area contributed by atoms with E-state index in [0.717, 1.165) is 6.54 Å². The summed E-state index contributed by atoms with van der Waals surface area (Å²) < 4.78 is 0. The molecular formula is C12H24N2O4. The van der Waals surface area contributed by atoms with Gasteiger partial charge in [0.25, 0.3) is 0 Å². The molecule has 106 valence electrons. The van der Waals surface area contributed by atoms with E-state index < -0.39 is 17.4 Å². The van der Waals surface area contributed by atoms with Crippen LogP contribution in [-0.2, 0) is 9.59 Å². The summed E-state index contributed by atoms with van der Waals surface area (Å²) in [7, 11) is 0. The van der Waals surface area contributed by atoms with E-state index in [0.29, 0.717) is 13.1 Å². The molecule has 0 bridgehead atoms. The fourth-order valence-corrected chi connectivity index (χ4v) is 1.57. The molecule has 18 heavy (non-hydrogen) atoms. The summed E-state index contributed by atoms with van der Waals surface area (Å²) >= 11 is 0. The first-order chi connectivity index (χ1) is 8.24. The predicted molar refractivity (Wildman–Crippen MR) is 68.2 cm³/mol. The van der Waals surface area contributed by atoms with Crippen LogP contribution in [0.1, 0.15) is 27.7 Å². The molecular weight excluding hydrogens is 236 g/mol. The maximum atomic E-state index is 12.0. The number of aliphatic hydroxyl groups excluding tert-OH is 1. The molecule has 0 saturated carbocycles. The molecule has 1 unspecified atom stereocenters. The molecule has 0 fully saturated rings. The van der Waals surface area contributed by atoms with Gasteiger partial charge in [0.2, 0.25) is 5.91 Å². The molecule has 6 heteroatoms. The van der Waals surface area contributed by atoms with E-state index in [4.69, 9.17) is 10.2 Å². The van der Waals surface area contributed by atoms with E-state index in [1.54, 1.807) is 13.8 Å². The van der Waals surface area contributed by atoms with Crippen LogP contribution in [0.15, 0.2) is 0 Å². The Balaban J connectivity index is 4.51. The van der Waals surface area contributed by atoms with Gasteiger partial charge in [-0.1, -0.05) is 6.92 Å². The zero-order chi connectivity index (χ0) is 14.3. The van der Waals surface area contributed by atoms with Crippen molar-refractivity contribution in [3.05, 3.63) is 0 Å². The summed E-state index contributed by atoms with van der Waals surface area (Å²) in [6, 6.07) is -0.898. The van der Waals surface area contributed by atoms with Gasteiger partial charge >= 0.3 is 5.97 Å². The van der Waals surface area contributed by atoms with E-state index in [1.807, 2.05) is 11.8 Å². The maximum Gasteiger partial charge on any atom is 0.325 e. The minimum Gasteiger partial charge on any atom is -0.480 e. The van der Waals surface area contributed by atoms with Crippen LogP contribution in [-0.4, -0.2) is 59.3 Å². The van der Waals surface area contributed by atoms with Crippen molar-refractivity contribution in [3.8, 4) is 0 Å². The van der Waals surface area contributed by atoms with Crippen molar-refractivity contribution >= 4 is 11.9 Å². The van der Waals surface area contributed by atoms with Gasteiger partial charge in [0.15, 0.2) is 0 Å². The monoisotopic (exact) mass is 260 g/mol. The highest BCUT2D eigenvalue weighted by Crippen LogP contribution is 2.17. The number of carboxylic acids is 1. The van der Waals surface area contributed by atoms with Gasteiger partial charge in [0.1, 0.15) is 6.04 Å². The third-order valence-electron chi connectivity index (χ3n) is 2.82. The van der Waals surface area contributed by atoms with Gasteiger partial charge in [0.05, 0.1) is 12.0 Å². The summed E-state index contributed by atoms with van der Waals surface area (Å²) in [6.07, 6.45) is 0. The summed E-state index contributed by atoms with van der Waals surface area (Å²) in [5.74, 6) is -1.35. The van der Waals surface area contributed by atoms with Gasteiger partial charge in [-0.15, -0.1) is 0 Å². The zero-order valence-electron chi connectivity index (χ0n) is 11.6. The molecule has 1 atom stereocenters. The third-order valence-corrected chi connectivity index (χ3v) is 2.82. The molecule has 0 rings (SSSR count). The van der Waals surface area contributed by atoms with Crippen LogP contribution in [0, 0.1) is 5.41 Å². The molecule has 0 aromatic rings. The Morgan fingerprint density at radius 2 is 1.94 bits per heavy atom. The largest absolute Gasteiger partial charge is 0.480 e. The number of carbonyl (C=O) groups is 2. The number of hydrogen-bond donors (Lipinski definition) is 3. The van der Waals surface area contributed by atoms with Crippen LogP contribution in [0.4, 0.5) is 0 Å². The van der Waals surface area contributed by atoms with E-state index in [9.17, 15) is 9.59 Å². The first kappa shape index (κ1) is 16.9. The van der Waals surface area contributed by atoms with Gasteiger partial charge in [0, 0.05) is 13.1 Å². The Labute approximate surface area is 108 Å². The maximum absolute atomic E-state index is 12.0. The molecule has 0 heterocycles. The molecule has 0 spiro atoms. The van der Waals surface area contributed by atoms with Gasteiger partial charge < -0.3 is 20.4 Å². The Morgan fingerprint density at radius 3 is 2.33 bits per heavy atom. The number of hydrogen-bond acceptors (Lipinski definition) is 4. The van der Waals surface area contributed by atoms with Gasteiger partial charge in [-0.3, -0.25) is 9.59 Å². The van der Waals surface area contributed by atoms with Crippen molar-refractivity contribution < 1.29 is 19.8 Å². The first-order valence-corrected chi connectivity index (χ1v) is 6.11. The average Bonchev–Trinajstić information content (AvgIpc) is 2.27. The SMILES string of the molecule is CCN(CCO)CC(C)(C)C(=O)NC(C)C(=O)O. The van der Waals surface area contributed by atoms with Crippen molar-refractivity contribution in [1.82, 2.24) is 10.2 Å². The quantitative estimate of drug-likeness (QED) is 0.568. The van der Waals surface area contributed by atoms with Crippen LogP contribution in [0.3, 0.4) is 0 Å². The number of carboxylic acid groups (broad SMARTS) is 1. The molecule has 6 nitrogen and oxygen atoms in total. The first-order valence-electron chi connectivity index (χ1n) is 6.11.